The Labute approximate surface area is 251 Å². The van der Waals surface area contributed by atoms with Crippen molar-refractivity contribution in [2.24, 2.45) is 0 Å². The van der Waals surface area contributed by atoms with Gasteiger partial charge in [-0.05, 0) is 116 Å². The maximum atomic E-state index is 11.3. The maximum absolute atomic E-state index is 11.3. The SMILES string of the molecule is Cc1cc(C)c(Cc2cc(C(C)(C)C)c(O)c(C(C)(C)C)c2)c(C)c1Cc1cc(C(C)(C)C)c(O)c(C(C)(C)C)c1. The van der Waals surface area contributed by atoms with E-state index in [0.29, 0.717) is 11.5 Å². The minimum absolute atomic E-state index is 0.156. The monoisotopic (exact) mass is 556 g/mol. The maximum Gasteiger partial charge on any atom is 0.123 e. The summed E-state index contributed by atoms with van der Waals surface area (Å²) in [6.07, 6.45) is 1.65. The molecule has 0 amide bonds. The number of hydrogen-bond donors (Lipinski definition) is 2. The highest BCUT2D eigenvalue weighted by Crippen LogP contribution is 2.42. The number of rotatable bonds is 4. The zero-order valence-electron chi connectivity index (χ0n) is 28.7. The third-order valence-corrected chi connectivity index (χ3v) is 8.62. The van der Waals surface area contributed by atoms with Crippen molar-refractivity contribution >= 4 is 0 Å². The molecule has 0 aliphatic rings. The standard InChI is InChI=1S/C39H56O2/c1-23-16-24(2)29(18-27-21-32(38(10,11)12)35(41)33(22-27)39(13,14)15)25(3)28(23)17-26-19-30(36(4,5)6)34(40)31(20-26)37(7,8)9/h16,19-22,40-41H,17-18H2,1-15H3. The summed E-state index contributed by atoms with van der Waals surface area (Å²) in [6.45, 7) is 32.8. The van der Waals surface area contributed by atoms with Crippen molar-refractivity contribution in [3.8, 4) is 11.5 Å². The smallest absolute Gasteiger partial charge is 0.123 e. The Hall–Kier alpha value is -2.74. The molecule has 0 aliphatic carbocycles. The molecule has 0 saturated carbocycles. The Morgan fingerprint density at radius 1 is 0.439 bits per heavy atom. The van der Waals surface area contributed by atoms with Crippen LogP contribution in [0.2, 0.25) is 0 Å². The van der Waals surface area contributed by atoms with Gasteiger partial charge >= 0.3 is 0 Å². The van der Waals surface area contributed by atoms with Gasteiger partial charge in [0.2, 0.25) is 0 Å². The van der Waals surface area contributed by atoms with Crippen LogP contribution in [0.4, 0.5) is 0 Å². The van der Waals surface area contributed by atoms with Gasteiger partial charge in [-0.3, -0.25) is 0 Å². The summed E-state index contributed by atoms with van der Waals surface area (Å²) >= 11 is 0. The molecule has 0 spiro atoms. The molecule has 2 N–H and O–H groups in total. The van der Waals surface area contributed by atoms with Crippen molar-refractivity contribution in [1.29, 1.82) is 0 Å². The van der Waals surface area contributed by atoms with Crippen LogP contribution >= 0.6 is 0 Å². The molecule has 0 heterocycles. The molecule has 0 unspecified atom stereocenters. The van der Waals surface area contributed by atoms with Gasteiger partial charge in [-0.2, -0.15) is 0 Å². The minimum Gasteiger partial charge on any atom is -0.507 e. The van der Waals surface area contributed by atoms with Crippen molar-refractivity contribution < 1.29 is 10.2 Å². The average Bonchev–Trinajstić information content (AvgIpc) is 2.78. The molecule has 0 atom stereocenters. The molecule has 0 aromatic heterocycles. The molecule has 0 aliphatic heterocycles. The summed E-state index contributed by atoms with van der Waals surface area (Å²) in [5, 5.41) is 22.5. The number of hydrogen-bond acceptors (Lipinski definition) is 2. The Morgan fingerprint density at radius 2 is 0.683 bits per heavy atom. The first-order chi connectivity index (χ1) is 18.4. The van der Waals surface area contributed by atoms with Crippen molar-refractivity contribution in [2.75, 3.05) is 0 Å². The third kappa shape index (κ3) is 7.02. The second-order valence-electron chi connectivity index (χ2n) is 16.5. The molecular weight excluding hydrogens is 500 g/mol. The van der Waals surface area contributed by atoms with Crippen LogP contribution < -0.4 is 0 Å². The van der Waals surface area contributed by atoms with E-state index in [2.05, 4.69) is 134 Å². The lowest BCUT2D eigenvalue weighted by molar-refractivity contribution is 0.422. The Kier molecular flexibility index (Phi) is 8.66. The van der Waals surface area contributed by atoms with E-state index in [1.165, 1.54) is 38.9 Å². The zero-order chi connectivity index (χ0) is 31.5. The summed E-state index contributed by atoms with van der Waals surface area (Å²) in [5.74, 6) is 0.867. The number of aromatic hydroxyl groups is 2. The molecule has 41 heavy (non-hydrogen) atoms. The van der Waals surface area contributed by atoms with E-state index in [-0.39, 0.29) is 21.7 Å². The number of benzene rings is 3. The minimum atomic E-state index is -0.156. The van der Waals surface area contributed by atoms with E-state index in [9.17, 15) is 10.2 Å². The van der Waals surface area contributed by atoms with Crippen LogP contribution in [-0.2, 0) is 34.5 Å². The van der Waals surface area contributed by atoms with E-state index >= 15 is 0 Å². The molecule has 2 nitrogen and oxygen atoms in total. The van der Waals surface area contributed by atoms with Gasteiger partial charge in [-0.1, -0.05) is 113 Å². The highest BCUT2D eigenvalue weighted by Gasteiger charge is 2.28. The molecule has 3 rings (SSSR count). The number of aryl methyl sites for hydroxylation is 2. The predicted octanol–water partition coefficient (Wildman–Crippen LogP) is 10.4. The fourth-order valence-electron chi connectivity index (χ4n) is 6.10. The predicted molar refractivity (Wildman–Crippen MR) is 177 cm³/mol. The van der Waals surface area contributed by atoms with Gasteiger partial charge in [-0.25, -0.2) is 0 Å². The summed E-state index contributed by atoms with van der Waals surface area (Å²) in [6, 6.07) is 11.2. The van der Waals surface area contributed by atoms with E-state index in [1.54, 1.807) is 0 Å². The van der Waals surface area contributed by atoms with Crippen LogP contribution in [0.1, 0.15) is 144 Å². The topological polar surface area (TPSA) is 40.5 Å². The highest BCUT2D eigenvalue weighted by atomic mass is 16.3. The van der Waals surface area contributed by atoms with E-state index in [0.717, 1.165) is 35.1 Å². The van der Waals surface area contributed by atoms with Crippen LogP contribution in [0.3, 0.4) is 0 Å². The number of phenolic OH excluding ortho intramolecular Hbond substituents is 2. The summed E-state index contributed by atoms with van der Waals surface area (Å²) in [7, 11) is 0. The van der Waals surface area contributed by atoms with E-state index in [4.69, 9.17) is 0 Å². The van der Waals surface area contributed by atoms with Crippen LogP contribution in [-0.4, -0.2) is 10.2 Å². The Balaban J connectivity index is 2.19. The molecular formula is C39H56O2. The Morgan fingerprint density at radius 3 is 0.902 bits per heavy atom. The van der Waals surface area contributed by atoms with Crippen LogP contribution in [0.25, 0.3) is 0 Å². The van der Waals surface area contributed by atoms with Crippen molar-refractivity contribution in [1.82, 2.24) is 0 Å². The summed E-state index contributed by atoms with van der Waals surface area (Å²) in [5.41, 5.74) is 12.6. The van der Waals surface area contributed by atoms with Crippen LogP contribution in [0.5, 0.6) is 11.5 Å². The molecule has 224 valence electrons. The molecule has 0 radical (unpaired) electrons. The quantitative estimate of drug-likeness (QED) is 0.335. The molecule has 0 saturated heterocycles. The largest absolute Gasteiger partial charge is 0.507 e. The lowest BCUT2D eigenvalue weighted by Gasteiger charge is -2.29. The summed E-state index contributed by atoms with van der Waals surface area (Å²) in [4.78, 5) is 0. The van der Waals surface area contributed by atoms with Gasteiger partial charge in [0.05, 0.1) is 0 Å². The first kappa shape index (κ1) is 32.8. The van der Waals surface area contributed by atoms with Crippen molar-refractivity contribution in [2.45, 2.75) is 138 Å². The second-order valence-corrected chi connectivity index (χ2v) is 16.5. The molecule has 3 aromatic carbocycles. The van der Waals surface area contributed by atoms with Crippen LogP contribution in [0, 0.1) is 20.8 Å². The first-order valence-corrected chi connectivity index (χ1v) is 15.2. The van der Waals surface area contributed by atoms with Crippen molar-refractivity contribution in [3.63, 3.8) is 0 Å². The van der Waals surface area contributed by atoms with Gasteiger partial charge in [0.15, 0.2) is 0 Å². The number of phenols is 2. The molecule has 3 aromatic rings. The zero-order valence-corrected chi connectivity index (χ0v) is 28.7. The van der Waals surface area contributed by atoms with Gasteiger partial charge in [0, 0.05) is 0 Å². The second kappa shape index (κ2) is 10.8. The Bertz CT molecular complexity index is 1260. The fraction of sp³-hybridized carbons (Fsp3) is 0.538. The van der Waals surface area contributed by atoms with Gasteiger partial charge in [-0.15, -0.1) is 0 Å². The van der Waals surface area contributed by atoms with E-state index < -0.39 is 0 Å². The third-order valence-electron chi connectivity index (χ3n) is 8.62. The molecule has 2 heteroatoms. The lowest BCUT2D eigenvalue weighted by Crippen LogP contribution is -2.18. The molecule has 0 fully saturated rings. The van der Waals surface area contributed by atoms with Crippen molar-refractivity contribution in [3.05, 3.63) is 91.5 Å². The normalized spacial score (nSPS) is 13.1. The van der Waals surface area contributed by atoms with Crippen LogP contribution in [0.15, 0.2) is 30.3 Å². The van der Waals surface area contributed by atoms with Gasteiger partial charge in [0.25, 0.3) is 0 Å². The highest BCUT2D eigenvalue weighted by molar-refractivity contribution is 5.55. The van der Waals surface area contributed by atoms with Gasteiger partial charge < -0.3 is 10.2 Å². The average molecular weight is 557 g/mol. The first-order valence-electron chi connectivity index (χ1n) is 15.2. The van der Waals surface area contributed by atoms with Gasteiger partial charge in [0.1, 0.15) is 11.5 Å². The lowest BCUT2D eigenvalue weighted by atomic mass is 9.77. The summed E-state index contributed by atoms with van der Waals surface area (Å²) < 4.78 is 0. The van der Waals surface area contributed by atoms with E-state index in [1.807, 2.05) is 0 Å². The molecule has 0 bridgehead atoms. The fourth-order valence-corrected chi connectivity index (χ4v) is 6.10.